The lowest BCUT2D eigenvalue weighted by molar-refractivity contribution is -0.139. The maximum absolute atomic E-state index is 14.1. The number of hydrogen-bond donors (Lipinski definition) is 1. The first kappa shape index (κ1) is 13.4. The van der Waals surface area contributed by atoms with E-state index in [1.807, 2.05) is 19.9 Å². The quantitative estimate of drug-likeness (QED) is 0.819. The van der Waals surface area contributed by atoms with E-state index < -0.39 is 17.2 Å². The molecule has 0 bridgehead atoms. The second kappa shape index (κ2) is 4.70. The van der Waals surface area contributed by atoms with Crippen molar-refractivity contribution in [3.8, 4) is 6.07 Å². The molecule has 1 aliphatic rings. The summed E-state index contributed by atoms with van der Waals surface area (Å²) in [4.78, 5) is 10.9. The normalized spacial score (nSPS) is 24.6. The number of halogens is 1. The van der Waals surface area contributed by atoms with Crippen LogP contribution in [0.3, 0.4) is 0 Å². The third-order valence-electron chi connectivity index (χ3n) is 3.12. The highest BCUT2D eigenvalue weighted by molar-refractivity contribution is 5.69. The summed E-state index contributed by atoms with van der Waals surface area (Å²) in [5.41, 5.74) is -0.264. The van der Waals surface area contributed by atoms with Crippen molar-refractivity contribution >= 4 is 5.97 Å². The number of nitriles is 1. The van der Waals surface area contributed by atoms with Gasteiger partial charge in [-0.05, 0) is 17.9 Å². The van der Waals surface area contributed by atoms with E-state index in [2.05, 4.69) is 0 Å². The summed E-state index contributed by atoms with van der Waals surface area (Å²) < 4.78 is 14.1. The van der Waals surface area contributed by atoms with Crippen LogP contribution >= 0.6 is 0 Å². The van der Waals surface area contributed by atoms with Crippen molar-refractivity contribution in [3.63, 3.8) is 0 Å². The Morgan fingerprint density at radius 1 is 1.71 bits per heavy atom. The van der Waals surface area contributed by atoms with Gasteiger partial charge < -0.3 is 5.11 Å². The maximum atomic E-state index is 14.1. The average molecular weight is 237 g/mol. The molecule has 17 heavy (non-hydrogen) atoms. The second-order valence-corrected chi connectivity index (χ2v) is 4.95. The maximum Gasteiger partial charge on any atom is 0.304 e. The minimum atomic E-state index is -0.952. The van der Waals surface area contributed by atoms with Crippen LogP contribution in [0.25, 0.3) is 0 Å². The number of allylic oxidation sites excluding steroid dienone is 4. The van der Waals surface area contributed by atoms with Crippen LogP contribution < -0.4 is 0 Å². The van der Waals surface area contributed by atoms with Crippen molar-refractivity contribution in [2.24, 2.45) is 11.3 Å². The minimum Gasteiger partial charge on any atom is -0.481 e. The van der Waals surface area contributed by atoms with Crippen molar-refractivity contribution < 1.29 is 14.3 Å². The van der Waals surface area contributed by atoms with Gasteiger partial charge >= 0.3 is 5.97 Å². The lowest BCUT2D eigenvalue weighted by atomic mass is 9.68. The Kier molecular flexibility index (Phi) is 3.72. The van der Waals surface area contributed by atoms with Gasteiger partial charge in [-0.1, -0.05) is 26.8 Å². The summed E-state index contributed by atoms with van der Waals surface area (Å²) in [5, 5.41) is 17.7. The van der Waals surface area contributed by atoms with Crippen LogP contribution in [0.1, 0.15) is 33.6 Å². The van der Waals surface area contributed by atoms with E-state index >= 15 is 0 Å². The fourth-order valence-corrected chi connectivity index (χ4v) is 2.48. The van der Waals surface area contributed by atoms with E-state index in [4.69, 9.17) is 10.4 Å². The molecule has 0 fully saturated rings. The van der Waals surface area contributed by atoms with Crippen molar-refractivity contribution in [2.45, 2.75) is 33.6 Å². The van der Waals surface area contributed by atoms with Crippen molar-refractivity contribution in [1.82, 2.24) is 0 Å². The van der Waals surface area contributed by atoms with Gasteiger partial charge in [-0.25, -0.2) is 4.39 Å². The van der Waals surface area contributed by atoms with Crippen LogP contribution in [0, 0.1) is 22.7 Å². The highest BCUT2D eigenvalue weighted by Crippen LogP contribution is 2.46. The Morgan fingerprint density at radius 3 is 2.71 bits per heavy atom. The molecule has 0 aromatic carbocycles. The van der Waals surface area contributed by atoms with Crippen LogP contribution in [0.5, 0.6) is 0 Å². The molecule has 1 N–H and O–H groups in total. The largest absolute Gasteiger partial charge is 0.481 e. The van der Waals surface area contributed by atoms with Gasteiger partial charge in [0.15, 0.2) is 0 Å². The third kappa shape index (κ3) is 2.55. The van der Waals surface area contributed by atoms with E-state index in [1.165, 1.54) is 6.08 Å². The van der Waals surface area contributed by atoms with Gasteiger partial charge in [-0.15, -0.1) is 0 Å². The van der Waals surface area contributed by atoms with Gasteiger partial charge in [0.1, 0.15) is 11.9 Å². The molecular formula is C13H16FNO2. The molecular weight excluding hydrogens is 221 g/mol. The van der Waals surface area contributed by atoms with Crippen LogP contribution in [0.2, 0.25) is 0 Å². The Balaban J connectivity index is 3.27. The molecule has 0 heterocycles. The fourth-order valence-electron chi connectivity index (χ4n) is 2.48. The number of carboxylic acid groups (broad SMARTS) is 1. The highest BCUT2D eigenvalue weighted by atomic mass is 19.1. The first-order valence-electron chi connectivity index (χ1n) is 5.54. The van der Waals surface area contributed by atoms with E-state index in [0.29, 0.717) is 12.0 Å². The summed E-state index contributed by atoms with van der Waals surface area (Å²) >= 11 is 0. The molecule has 1 aliphatic carbocycles. The smallest absolute Gasteiger partial charge is 0.304 e. The summed E-state index contributed by atoms with van der Waals surface area (Å²) in [6.07, 6.45) is 1.76. The molecule has 0 amide bonds. The molecule has 92 valence electrons. The molecule has 0 aromatic heterocycles. The standard InChI is InChI=1S/C13H16FNO2/c1-8(2)11-12(14)9(7-15)4-5-13(11,3)6-10(16)17/h4,8H,5-6H2,1-3H3,(H,16,17). The molecule has 1 unspecified atom stereocenters. The van der Waals surface area contributed by atoms with Gasteiger partial charge in [0.25, 0.3) is 0 Å². The Hall–Kier alpha value is -1.63. The van der Waals surface area contributed by atoms with Crippen molar-refractivity contribution in [2.75, 3.05) is 0 Å². The topological polar surface area (TPSA) is 61.1 Å². The highest BCUT2D eigenvalue weighted by Gasteiger charge is 2.38. The number of rotatable bonds is 3. The Bertz CT molecular complexity index is 443. The van der Waals surface area contributed by atoms with Crippen LogP contribution in [-0.2, 0) is 4.79 Å². The third-order valence-corrected chi connectivity index (χ3v) is 3.12. The van der Waals surface area contributed by atoms with Crippen LogP contribution in [0.4, 0.5) is 4.39 Å². The summed E-state index contributed by atoms with van der Waals surface area (Å²) in [7, 11) is 0. The first-order valence-corrected chi connectivity index (χ1v) is 5.54. The predicted octanol–water partition coefficient (Wildman–Crippen LogP) is 3.20. The van der Waals surface area contributed by atoms with Crippen LogP contribution in [-0.4, -0.2) is 11.1 Å². The zero-order valence-corrected chi connectivity index (χ0v) is 10.2. The molecule has 3 nitrogen and oxygen atoms in total. The number of carboxylic acids is 1. The lowest BCUT2D eigenvalue weighted by Gasteiger charge is -2.35. The molecule has 0 spiro atoms. The second-order valence-electron chi connectivity index (χ2n) is 4.95. The van der Waals surface area contributed by atoms with Gasteiger partial charge in [0, 0.05) is 5.41 Å². The Labute approximate surface area is 100 Å². The summed E-state index contributed by atoms with van der Waals surface area (Å²) in [6, 6.07) is 1.81. The van der Waals surface area contributed by atoms with Gasteiger partial charge in [-0.2, -0.15) is 5.26 Å². The van der Waals surface area contributed by atoms with Gasteiger partial charge in [0.2, 0.25) is 0 Å². The first-order chi connectivity index (χ1) is 7.81. The number of aliphatic carboxylic acids is 1. The molecule has 0 aliphatic heterocycles. The Morgan fingerprint density at radius 2 is 2.29 bits per heavy atom. The summed E-state index contributed by atoms with van der Waals surface area (Å²) in [6.45, 7) is 5.37. The van der Waals surface area contributed by atoms with Crippen molar-refractivity contribution in [1.29, 1.82) is 5.26 Å². The molecule has 0 saturated heterocycles. The number of hydrogen-bond acceptors (Lipinski definition) is 2. The molecule has 0 radical (unpaired) electrons. The molecule has 4 heteroatoms. The molecule has 1 atom stereocenters. The van der Waals surface area contributed by atoms with E-state index in [0.717, 1.165) is 0 Å². The fraction of sp³-hybridized carbons (Fsp3) is 0.538. The number of carbonyl (C=O) groups is 1. The van der Waals surface area contributed by atoms with E-state index in [1.54, 1.807) is 6.92 Å². The SMILES string of the molecule is CC(C)C1=C(F)C(C#N)=CCC1(C)CC(=O)O. The van der Waals surface area contributed by atoms with Gasteiger partial charge in [0.05, 0.1) is 12.0 Å². The monoisotopic (exact) mass is 237 g/mol. The summed E-state index contributed by atoms with van der Waals surface area (Å²) in [5.74, 6) is -1.61. The lowest BCUT2D eigenvalue weighted by Crippen LogP contribution is -2.29. The van der Waals surface area contributed by atoms with E-state index in [9.17, 15) is 9.18 Å². The van der Waals surface area contributed by atoms with E-state index in [-0.39, 0.29) is 17.9 Å². The zero-order valence-electron chi connectivity index (χ0n) is 10.2. The average Bonchev–Trinajstić information content (AvgIpc) is 2.15. The molecule has 1 rings (SSSR count). The van der Waals surface area contributed by atoms with Gasteiger partial charge in [-0.3, -0.25) is 4.79 Å². The molecule has 0 saturated carbocycles. The van der Waals surface area contributed by atoms with Crippen molar-refractivity contribution in [3.05, 3.63) is 23.0 Å². The zero-order chi connectivity index (χ0) is 13.2. The van der Waals surface area contributed by atoms with Crippen LogP contribution in [0.15, 0.2) is 23.0 Å². The number of nitrogens with zero attached hydrogens (tertiary/aromatic N) is 1. The minimum absolute atomic E-state index is 0.0246. The predicted molar refractivity (Wildman–Crippen MR) is 61.6 cm³/mol. The molecule has 0 aromatic rings.